The lowest BCUT2D eigenvalue weighted by Gasteiger charge is -2.23. The maximum atomic E-state index is 12.9. The summed E-state index contributed by atoms with van der Waals surface area (Å²) in [6.07, 6.45) is 3.46. The Bertz CT molecular complexity index is 1200. The molecule has 34 heavy (non-hydrogen) atoms. The standard InChI is InChI=1S/C25H23Cl2N3O4/c1-16-11-25(2,34-30-16)15-33-22-10-18(24(31)29-23-19(26)12-28-13-20(23)27)8-9-21(22)32-14-17-6-4-3-5-7-17/h3-10,12-13H,11,14-15H2,1-2H3,(H,28,29,31). The largest absolute Gasteiger partial charge is 0.485 e. The number of hydrogen-bond acceptors (Lipinski definition) is 6. The fourth-order valence-corrected chi connectivity index (χ4v) is 3.89. The normalized spacial score (nSPS) is 17.0. The van der Waals surface area contributed by atoms with Crippen LogP contribution in [0.5, 0.6) is 11.5 Å². The molecule has 1 aromatic heterocycles. The molecule has 1 aliphatic heterocycles. The van der Waals surface area contributed by atoms with Crippen LogP contribution in [0.4, 0.5) is 5.69 Å². The van der Waals surface area contributed by atoms with Gasteiger partial charge in [0, 0.05) is 24.4 Å². The van der Waals surface area contributed by atoms with Gasteiger partial charge in [0.15, 0.2) is 17.1 Å². The van der Waals surface area contributed by atoms with Gasteiger partial charge in [-0.05, 0) is 37.6 Å². The molecule has 0 radical (unpaired) electrons. The summed E-state index contributed by atoms with van der Waals surface area (Å²) in [6.45, 7) is 4.39. The van der Waals surface area contributed by atoms with Crippen LogP contribution in [0.15, 0.2) is 66.1 Å². The summed E-state index contributed by atoms with van der Waals surface area (Å²) in [5.74, 6) is 0.501. The maximum absolute atomic E-state index is 12.9. The number of halogens is 2. The number of oxime groups is 1. The second-order valence-corrected chi connectivity index (χ2v) is 9.02. The molecule has 2 aromatic carbocycles. The predicted molar refractivity (Wildman–Crippen MR) is 132 cm³/mol. The number of carbonyl (C=O) groups is 1. The van der Waals surface area contributed by atoms with Gasteiger partial charge >= 0.3 is 0 Å². The molecule has 7 nitrogen and oxygen atoms in total. The van der Waals surface area contributed by atoms with E-state index in [1.165, 1.54) is 12.4 Å². The SMILES string of the molecule is CC1=NOC(C)(COc2cc(C(=O)Nc3c(Cl)cncc3Cl)ccc2OCc2ccccc2)C1. The van der Waals surface area contributed by atoms with Crippen LogP contribution in [0.25, 0.3) is 0 Å². The second-order valence-electron chi connectivity index (χ2n) is 8.20. The first kappa shape index (κ1) is 23.9. The molecule has 1 N–H and O–H groups in total. The number of ether oxygens (including phenoxy) is 2. The van der Waals surface area contributed by atoms with E-state index < -0.39 is 11.5 Å². The summed E-state index contributed by atoms with van der Waals surface area (Å²) in [5.41, 5.74) is 1.93. The summed E-state index contributed by atoms with van der Waals surface area (Å²) in [7, 11) is 0. The zero-order chi connectivity index (χ0) is 24.1. The maximum Gasteiger partial charge on any atom is 0.255 e. The van der Waals surface area contributed by atoms with Crippen molar-refractivity contribution in [3.63, 3.8) is 0 Å². The predicted octanol–water partition coefficient (Wildman–Crippen LogP) is 6.15. The first-order valence-corrected chi connectivity index (χ1v) is 11.3. The zero-order valence-corrected chi connectivity index (χ0v) is 20.2. The fourth-order valence-electron chi connectivity index (χ4n) is 3.43. The third-order valence-corrected chi connectivity index (χ3v) is 5.69. The van der Waals surface area contributed by atoms with E-state index in [4.69, 9.17) is 37.5 Å². The highest BCUT2D eigenvalue weighted by atomic mass is 35.5. The van der Waals surface area contributed by atoms with Gasteiger partial charge < -0.3 is 19.6 Å². The molecule has 0 bridgehead atoms. The average molecular weight is 500 g/mol. The smallest absolute Gasteiger partial charge is 0.255 e. The van der Waals surface area contributed by atoms with E-state index in [1.807, 2.05) is 44.2 Å². The lowest BCUT2D eigenvalue weighted by molar-refractivity contribution is -0.0362. The molecule has 0 saturated carbocycles. The fraction of sp³-hybridized carbons (Fsp3) is 0.240. The van der Waals surface area contributed by atoms with Crippen LogP contribution >= 0.6 is 23.2 Å². The van der Waals surface area contributed by atoms with Gasteiger partial charge in [-0.2, -0.15) is 0 Å². The van der Waals surface area contributed by atoms with Crippen molar-refractivity contribution >= 4 is 40.5 Å². The number of anilines is 1. The summed E-state index contributed by atoms with van der Waals surface area (Å²) in [5, 5.41) is 7.22. The highest BCUT2D eigenvalue weighted by molar-refractivity contribution is 6.39. The van der Waals surface area contributed by atoms with Crippen molar-refractivity contribution in [2.24, 2.45) is 5.16 Å². The summed E-state index contributed by atoms with van der Waals surface area (Å²) < 4.78 is 12.1. The molecule has 0 spiro atoms. The Balaban J connectivity index is 1.55. The van der Waals surface area contributed by atoms with Gasteiger partial charge in [0.25, 0.3) is 5.91 Å². The number of benzene rings is 2. The minimum Gasteiger partial charge on any atom is -0.485 e. The van der Waals surface area contributed by atoms with E-state index in [0.29, 0.717) is 30.1 Å². The Hall–Kier alpha value is -3.29. The monoisotopic (exact) mass is 499 g/mol. The number of hydrogen-bond donors (Lipinski definition) is 1. The highest BCUT2D eigenvalue weighted by Gasteiger charge is 2.34. The number of nitrogens with one attached hydrogen (secondary N) is 1. The van der Waals surface area contributed by atoms with E-state index >= 15 is 0 Å². The molecule has 1 atom stereocenters. The lowest BCUT2D eigenvalue weighted by Crippen LogP contribution is -2.32. The first-order chi connectivity index (χ1) is 16.3. The number of nitrogens with zero attached hydrogens (tertiary/aromatic N) is 2. The van der Waals surface area contributed by atoms with Gasteiger partial charge in [-0.1, -0.05) is 58.7 Å². The minimum absolute atomic E-state index is 0.225. The summed E-state index contributed by atoms with van der Waals surface area (Å²) in [4.78, 5) is 22.4. The van der Waals surface area contributed by atoms with Gasteiger partial charge in [0.2, 0.25) is 0 Å². The van der Waals surface area contributed by atoms with E-state index in [1.54, 1.807) is 18.2 Å². The lowest BCUT2D eigenvalue weighted by atomic mass is 10.0. The summed E-state index contributed by atoms with van der Waals surface area (Å²) >= 11 is 12.3. The Morgan fingerprint density at radius 2 is 1.82 bits per heavy atom. The van der Waals surface area contributed by atoms with Crippen molar-refractivity contribution in [1.82, 2.24) is 4.98 Å². The quantitative estimate of drug-likeness (QED) is 0.401. The molecule has 0 fully saturated rings. The molecule has 0 saturated heterocycles. The van der Waals surface area contributed by atoms with Crippen LogP contribution in [0.1, 0.15) is 36.2 Å². The van der Waals surface area contributed by atoms with Gasteiger partial charge in [-0.3, -0.25) is 9.78 Å². The van der Waals surface area contributed by atoms with E-state index in [0.717, 1.165) is 11.3 Å². The molecular formula is C25H23Cl2N3O4. The van der Waals surface area contributed by atoms with Crippen LogP contribution in [0, 0.1) is 0 Å². The van der Waals surface area contributed by atoms with Crippen LogP contribution in [-0.2, 0) is 11.4 Å². The Morgan fingerprint density at radius 1 is 1.09 bits per heavy atom. The first-order valence-electron chi connectivity index (χ1n) is 10.6. The number of amides is 1. The second kappa shape index (κ2) is 10.3. The van der Waals surface area contributed by atoms with E-state index in [-0.39, 0.29) is 22.3 Å². The van der Waals surface area contributed by atoms with Crippen LogP contribution in [-0.4, -0.2) is 28.8 Å². The molecule has 0 aliphatic carbocycles. The molecule has 9 heteroatoms. The molecule has 4 rings (SSSR count). The molecule has 2 heterocycles. The van der Waals surface area contributed by atoms with Crippen LogP contribution in [0.2, 0.25) is 10.0 Å². The van der Waals surface area contributed by atoms with Crippen molar-refractivity contribution in [3.05, 3.63) is 82.1 Å². The number of rotatable bonds is 8. The van der Waals surface area contributed by atoms with Crippen molar-refractivity contribution in [2.45, 2.75) is 32.5 Å². The van der Waals surface area contributed by atoms with Gasteiger partial charge in [-0.25, -0.2) is 0 Å². The third kappa shape index (κ3) is 5.79. The van der Waals surface area contributed by atoms with Gasteiger partial charge in [-0.15, -0.1) is 0 Å². The molecule has 3 aromatic rings. The minimum atomic E-state index is -0.600. The molecule has 1 amide bonds. The van der Waals surface area contributed by atoms with Crippen molar-refractivity contribution in [2.75, 3.05) is 11.9 Å². The van der Waals surface area contributed by atoms with Crippen molar-refractivity contribution in [1.29, 1.82) is 0 Å². The zero-order valence-electron chi connectivity index (χ0n) is 18.7. The van der Waals surface area contributed by atoms with Gasteiger partial charge in [0.1, 0.15) is 13.2 Å². The van der Waals surface area contributed by atoms with Crippen molar-refractivity contribution < 1.29 is 19.1 Å². The Kier molecular flexibility index (Phi) is 7.24. The topological polar surface area (TPSA) is 82.0 Å². The molecule has 1 unspecified atom stereocenters. The summed E-state index contributed by atoms with van der Waals surface area (Å²) in [6, 6.07) is 14.7. The van der Waals surface area contributed by atoms with Crippen molar-refractivity contribution in [3.8, 4) is 11.5 Å². The average Bonchev–Trinajstić information content (AvgIpc) is 3.18. The van der Waals surface area contributed by atoms with Gasteiger partial charge in [0.05, 0.1) is 21.4 Å². The number of carbonyl (C=O) groups excluding carboxylic acids is 1. The number of aromatic nitrogens is 1. The third-order valence-electron chi connectivity index (χ3n) is 5.12. The Morgan fingerprint density at radius 3 is 2.50 bits per heavy atom. The highest BCUT2D eigenvalue weighted by Crippen LogP contribution is 2.33. The van der Waals surface area contributed by atoms with E-state index in [9.17, 15) is 4.79 Å². The van der Waals surface area contributed by atoms with Crippen LogP contribution < -0.4 is 14.8 Å². The number of pyridine rings is 1. The van der Waals surface area contributed by atoms with E-state index in [2.05, 4.69) is 15.5 Å². The molecule has 176 valence electrons. The van der Waals surface area contributed by atoms with Crippen LogP contribution in [0.3, 0.4) is 0 Å². The molecule has 1 aliphatic rings. The molecular weight excluding hydrogens is 477 g/mol. The Labute approximate surface area is 207 Å².